The maximum atomic E-state index is 12.3. The van der Waals surface area contributed by atoms with E-state index in [4.69, 9.17) is 9.47 Å². The molecule has 1 atom stereocenters. The Morgan fingerprint density at radius 3 is 1.03 bits per heavy atom. The molecule has 0 heterocycles. The second-order valence-corrected chi connectivity index (χ2v) is 16.9. The fourth-order valence-electron chi connectivity index (χ4n) is 6.96. The van der Waals surface area contributed by atoms with Crippen LogP contribution in [0, 0.1) is 0 Å². The van der Waals surface area contributed by atoms with E-state index in [0.29, 0.717) is 12.8 Å². The van der Waals surface area contributed by atoms with Crippen molar-refractivity contribution in [3.05, 3.63) is 109 Å². The van der Waals surface area contributed by atoms with E-state index < -0.39 is 6.10 Å². The van der Waals surface area contributed by atoms with Gasteiger partial charge < -0.3 is 14.6 Å². The van der Waals surface area contributed by atoms with Crippen molar-refractivity contribution in [1.82, 2.24) is 0 Å². The summed E-state index contributed by atoms with van der Waals surface area (Å²) in [6.07, 6.45) is 76.1. The summed E-state index contributed by atoms with van der Waals surface area (Å²) in [4.78, 5) is 24.4. The van der Waals surface area contributed by atoms with Crippen molar-refractivity contribution < 1.29 is 24.2 Å². The SMILES string of the molecule is CC/C=C\C/C=C\C/C=C\C/C=C\C/C=C\C/C=C\C/C=C\C/C=C\C/C=C\CCCCCC(=O)OC(CO)COC(=O)CCCCCCCCCCCCCCCCCCCC. The number of hydrogen-bond donors (Lipinski definition) is 1. The molecule has 0 saturated heterocycles. The fraction of sp³-hybridized carbons (Fsp3) is 0.655. The predicted molar refractivity (Wildman–Crippen MR) is 274 cm³/mol. The van der Waals surface area contributed by atoms with Gasteiger partial charge in [-0.05, 0) is 83.5 Å². The number of aliphatic hydroxyl groups is 1. The van der Waals surface area contributed by atoms with Gasteiger partial charge in [0.25, 0.3) is 0 Å². The smallest absolute Gasteiger partial charge is 0.306 e. The zero-order chi connectivity index (χ0) is 45.6. The average molecular weight is 873 g/mol. The number of rotatable bonds is 46. The molecule has 1 unspecified atom stereocenters. The highest BCUT2D eigenvalue weighted by Gasteiger charge is 2.16. The van der Waals surface area contributed by atoms with E-state index in [1.807, 2.05) is 0 Å². The van der Waals surface area contributed by atoms with E-state index in [1.54, 1.807) is 0 Å². The van der Waals surface area contributed by atoms with Crippen LogP contribution in [0.4, 0.5) is 0 Å². The van der Waals surface area contributed by atoms with Gasteiger partial charge in [-0.2, -0.15) is 0 Å². The van der Waals surface area contributed by atoms with Crippen LogP contribution in [-0.2, 0) is 19.1 Å². The molecule has 0 bridgehead atoms. The minimum Gasteiger partial charge on any atom is -0.462 e. The highest BCUT2D eigenvalue weighted by molar-refractivity contribution is 5.70. The van der Waals surface area contributed by atoms with E-state index >= 15 is 0 Å². The molecule has 0 radical (unpaired) electrons. The van der Waals surface area contributed by atoms with Gasteiger partial charge in [0.2, 0.25) is 0 Å². The topological polar surface area (TPSA) is 72.8 Å². The van der Waals surface area contributed by atoms with Gasteiger partial charge in [0.05, 0.1) is 6.61 Å². The van der Waals surface area contributed by atoms with E-state index in [9.17, 15) is 14.7 Å². The van der Waals surface area contributed by atoms with E-state index in [-0.39, 0.29) is 25.2 Å². The molecule has 63 heavy (non-hydrogen) atoms. The molecule has 358 valence electrons. The van der Waals surface area contributed by atoms with Crippen molar-refractivity contribution in [1.29, 1.82) is 0 Å². The molecule has 0 aromatic heterocycles. The Morgan fingerprint density at radius 2 is 0.683 bits per heavy atom. The van der Waals surface area contributed by atoms with E-state index in [1.165, 1.54) is 96.3 Å². The van der Waals surface area contributed by atoms with Crippen LogP contribution in [0.25, 0.3) is 0 Å². The highest BCUT2D eigenvalue weighted by atomic mass is 16.6. The molecule has 5 heteroatoms. The maximum absolute atomic E-state index is 12.3. The summed E-state index contributed by atoms with van der Waals surface area (Å²) < 4.78 is 10.7. The van der Waals surface area contributed by atoms with Gasteiger partial charge >= 0.3 is 11.9 Å². The molecule has 0 spiro atoms. The Kier molecular flexibility index (Phi) is 50.0. The largest absolute Gasteiger partial charge is 0.462 e. The number of hydrogen-bond acceptors (Lipinski definition) is 5. The number of carbonyl (C=O) groups is 2. The first-order valence-electron chi connectivity index (χ1n) is 25.9. The summed E-state index contributed by atoms with van der Waals surface area (Å²) in [5, 5.41) is 9.62. The summed E-state index contributed by atoms with van der Waals surface area (Å²) in [6, 6.07) is 0. The quantitative estimate of drug-likeness (QED) is 0.0375. The standard InChI is InChI=1S/C58H96O5/c1-3-5-7-9-11-13-15-17-19-21-23-24-25-26-27-28-29-30-31-32-33-34-35-37-39-41-43-45-47-49-51-53-58(61)63-56(54-59)55-62-57(60)52-50-48-46-44-42-40-38-36-22-20-18-16-14-12-10-8-6-4-2/h5,7,11,13,17,19,23-24,26-27,29-30,32-33,35,37,41,43,56,59H,3-4,6,8-10,12,14-16,18,20-22,25,28,31,34,36,38-40,42,44-55H2,1-2H3/b7-5-,13-11-,19-17-,24-23-,27-26-,30-29-,33-32-,37-35-,43-41-. The van der Waals surface area contributed by atoms with Crippen LogP contribution >= 0.6 is 0 Å². The van der Waals surface area contributed by atoms with Crippen molar-refractivity contribution >= 4 is 11.9 Å². The van der Waals surface area contributed by atoms with Crippen LogP contribution in [0.1, 0.15) is 226 Å². The molecule has 0 aliphatic heterocycles. The number of allylic oxidation sites excluding steroid dienone is 18. The molecule has 0 aliphatic rings. The van der Waals surface area contributed by atoms with E-state index in [0.717, 1.165) is 103 Å². The minimum atomic E-state index is -0.796. The lowest BCUT2D eigenvalue weighted by atomic mass is 10.0. The molecule has 1 N–H and O–H groups in total. The molecule has 0 aromatic rings. The normalized spacial score (nSPS) is 13.1. The van der Waals surface area contributed by atoms with Crippen molar-refractivity contribution in [2.24, 2.45) is 0 Å². The van der Waals surface area contributed by atoms with Crippen LogP contribution in [-0.4, -0.2) is 36.4 Å². The highest BCUT2D eigenvalue weighted by Crippen LogP contribution is 2.15. The Labute approximate surface area is 389 Å². The van der Waals surface area contributed by atoms with Crippen molar-refractivity contribution in [2.45, 2.75) is 232 Å². The molecule has 0 aromatic carbocycles. The summed E-state index contributed by atoms with van der Waals surface area (Å²) in [5.74, 6) is -0.630. The first-order chi connectivity index (χ1) is 31.1. The minimum absolute atomic E-state index is 0.0834. The second-order valence-electron chi connectivity index (χ2n) is 16.9. The van der Waals surface area contributed by atoms with Crippen molar-refractivity contribution in [3.63, 3.8) is 0 Å². The predicted octanol–water partition coefficient (Wildman–Crippen LogP) is 17.4. The summed E-state index contributed by atoms with van der Waals surface area (Å²) in [6.45, 7) is 4.01. The number of aliphatic hydroxyl groups excluding tert-OH is 1. The third kappa shape index (κ3) is 51.1. The van der Waals surface area contributed by atoms with Crippen LogP contribution in [0.5, 0.6) is 0 Å². The first kappa shape index (κ1) is 59.6. The van der Waals surface area contributed by atoms with Gasteiger partial charge in [0, 0.05) is 12.8 Å². The Morgan fingerprint density at radius 1 is 0.381 bits per heavy atom. The van der Waals surface area contributed by atoms with Crippen LogP contribution in [0.2, 0.25) is 0 Å². The summed E-state index contributed by atoms with van der Waals surface area (Å²) in [7, 11) is 0. The average Bonchev–Trinajstić information content (AvgIpc) is 3.29. The Hall–Kier alpha value is -3.44. The molecule has 0 fully saturated rings. The number of carbonyl (C=O) groups excluding carboxylic acids is 2. The molecule has 0 rings (SSSR count). The zero-order valence-corrected chi connectivity index (χ0v) is 40.8. The zero-order valence-electron chi connectivity index (χ0n) is 40.8. The van der Waals surface area contributed by atoms with Gasteiger partial charge in [0.15, 0.2) is 6.10 Å². The monoisotopic (exact) mass is 873 g/mol. The van der Waals surface area contributed by atoms with Gasteiger partial charge in [-0.25, -0.2) is 0 Å². The summed E-state index contributed by atoms with van der Waals surface area (Å²) in [5.41, 5.74) is 0. The first-order valence-corrected chi connectivity index (χ1v) is 25.9. The fourth-order valence-corrected chi connectivity index (χ4v) is 6.96. The maximum Gasteiger partial charge on any atom is 0.306 e. The third-order valence-corrected chi connectivity index (χ3v) is 10.8. The lowest BCUT2D eigenvalue weighted by Gasteiger charge is -2.15. The lowest BCUT2D eigenvalue weighted by Crippen LogP contribution is -2.28. The Balaban J connectivity index is 3.65. The molecule has 0 amide bonds. The van der Waals surface area contributed by atoms with Crippen molar-refractivity contribution in [2.75, 3.05) is 13.2 Å². The van der Waals surface area contributed by atoms with Gasteiger partial charge in [-0.3, -0.25) is 9.59 Å². The number of ether oxygens (including phenoxy) is 2. The lowest BCUT2D eigenvalue weighted by molar-refractivity contribution is -0.161. The van der Waals surface area contributed by atoms with Crippen LogP contribution in [0.15, 0.2) is 109 Å². The van der Waals surface area contributed by atoms with Crippen molar-refractivity contribution in [3.8, 4) is 0 Å². The Bertz CT molecular complexity index is 1260. The van der Waals surface area contributed by atoms with Crippen LogP contribution < -0.4 is 0 Å². The van der Waals surface area contributed by atoms with Gasteiger partial charge in [0.1, 0.15) is 6.61 Å². The van der Waals surface area contributed by atoms with Crippen LogP contribution in [0.3, 0.4) is 0 Å². The molecule has 5 nitrogen and oxygen atoms in total. The van der Waals surface area contributed by atoms with Gasteiger partial charge in [-0.15, -0.1) is 0 Å². The molecule has 0 aliphatic carbocycles. The third-order valence-electron chi connectivity index (χ3n) is 10.8. The summed E-state index contributed by atoms with van der Waals surface area (Å²) >= 11 is 0. The molecule has 0 saturated carbocycles. The number of esters is 2. The molecular formula is C58H96O5. The second kappa shape index (κ2) is 52.9. The molecular weight excluding hydrogens is 777 g/mol. The van der Waals surface area contributed by atoms with Gasteiger partial charge in [-0.1, -0.05) is 239 Å². The van der Waals surface area contributed by atoms with E-state index in [2.05, 4.69) is 123 Å². The number of unbranched alkanes of at least 4 members (excludes halogenated alkanes) is 20.